The summed E-state index contributed by atoms with van der Waals surface area (Å²) in [6.45, 7) is 12.0. The quantitative estimate of drug-likeness (QED) is 0.889. The van der Waals surface area contributed by atoms with Crippen molar-refractivity contribution >= 4 is 17.6 Å². The fraction of sp³-hybridized carbons (Fsp3) is 0.733. The summed E-state index contributed by atoms with van der Waals surface area (Å²) in [6, 6.07) is 2.00. The van der Waals surface area contributed by atoms with E-state index in [9.17, 15) is 0 Å². The fourth-order valence-corrected chi connectivity index (χ4v) is 2.86. The van der Waals surface area contributed by atoms with Gasteiger partial charge in [-0.15, -0.1) is 0 Å². The van der Waals surface area contributed by atoms with Gasteiger partial charge in [-0.3, -0.25) is 0 Å². The first-order chi connectivity index (χ1) is 9.40. The van der Waals surface area contributed by atoms with Crippen LogP contribution in [0.5, 0.6) is 0 Å². The third-order valence-electron chi connectivity index (χ3n) is 4.13. The van der Waals surface area contributed by atoms with Crippen molar-refractivity contribution in [2.45, 2.75) is 40.5 Å². The maximum Gasteiger partial charge on any atom is 0.223 e. The molecule has 0 amide bonds. The standard InChI is InChI=1S/C15H27N5/c1-5-17-12-10-13(19-14(16)18-12)20-8-6-11(7-9-20)15(2,3)4/h10-11H,5-9H2,1-4H3,(H3,16,17,18,19). The molecule has 0 unspecified atom stereocenters. The minimum atomic E-state index is 0.344. The van der Waals surface area contributed by atoms with Gasteiger partial charge >= 0.3 is 0 Å². The van der Waals surface area contributed by atoms with Crippen molar-refractivity contribution in [2.24, 2.45) is 11.3 Å². The summed E-state index contributed by atoms with van der Waals surface area (Å²) in [5.41, 5.74) is 6.20. The molecule has 3 N–H and O–H groups in total. The van der Waals surface area contributed by atoms with E-state index in [0.717, 1.165) is 37.2 Å². The lowest BCUT2D eigenvalue weighted by Gasteiger charge is -2.39. The zero-order valence-corrected chi connectivity index (χ0v) is 13.1. The van der Waals surface area contributed by atoms with Crippen molar-refractivity contribution in [1.29, 1.82) is 0 Å². The number of anilines is 3. The number of nitrogens with two attached hydrogens (primary N) is 1. The molecule has 0 bridgehead atoms. The van der Waals surface area contributed by atoms with Gasteiger partial charge in [-0.1, -0.05) is 20.8 Å². The number of nitrogen functional groups attached to an aromatic ring is 1. The van der Waals surface area contributed by atoms with Crippen molar-refractivity contribution < 1.29 is 0 Å². The summed E-state index contributed by atoms with van der Waals surface area (Å²) in [6.07, 6.45) is 2.42. The van der Waals surface area contributed by atoms with E-state index in [1.165, 1.54) is 12.8 Å². The fourth-order valence-electron chi connectivity index (χ4n) is 2.86. The van der Waals surface area contributed by atoms with Gasteiger partial charge in [0.05, 0.1) is 0 Å². The van der Waals surface area contributed by atoms with Crippen molar-refractivity contribution in [3.8, 4) is 0 Å². The lowest BCUT2D eigenvalue weighted by atomic mass is 9.75. The highest BCUT2D eigenvalue weighted by Gasteiger charge is 2.29. The summed E-state index contributed by atoms with van der Waals surface area (Å²) in [5, 5.41) is 3.20. The Morgan fingerprint density at radius 1 is 1.30 bits per heavy atom. The van der Waals surface area contributed by atoms with Crippen LogP contribution in [0.1, 0.15) is 40.5 Å². The molecule has 1 aliphatic rings. The molecule has 0 spiro atoms. The van der Waals surface area contributed by atoms with E-state index in [2.05, 4.69) is 41.0 Å². The summed E-state index contributed by atoms with van der Waals surface area (Å²) < 4.78 is 0. The molecule has 1 aromatic rings. The molecule has 20 heavy (non-hydrogen) atoms. The van der Waals surface area contributed by atoms with Gasteiger partial charge in [0.1, 0.15) is 11.6 Å². The summed E-state index contributed by atoms with van der Waals surface area (Å²) >= 11 is 0. The zero-order chi connectivity index (χ0) is 14.8. The molecule has 2 rings (SSSR count). The molecular weight excluding hydrogens is 250 g/mol. The van der Waals surface area contributed by atoms with Crippen LogP contribution in [-0.4, -0.2) is 29.6 Å². The number of nitrogens with zero attached hydrogens (tertiary/aromatic N) is 3. The van der Waals surface area contributed by atoms with E-state index in [1.807, 2.05) is 13.0 Å². The number of nitrogens with one attached hydrogen (secondary N) is 1. The Kier molecular flexibility index (Phi) is 4.35. The van der Waals surface area contributed by atoms with Gasteiger partial charge in [0.2, 0.25) is 5.95 Å². The molecule has 1 aromatic heterocycles. The Morgan fingerprint density at radius 3 is 2.50 bits per heavy atom. The second kappa shape index (κ2) is 5.85. The van der Waals surface area contributed by atoms with E-state index in [0.29, 0.717) is 11.4 Å². The number of aromatic nitrogens is 2. The largest absolute Gasteiger partial charge is 0.370 e. The Hall–Kier alpha value is -1.52. The van der Waals surface area contributed by atoms with Crippen molar-refractivity contribution in [2.75, 3.05) is 35.6 Å². The SMILES string of the molecule is CCNc1cc(N2CCC(C(C)(C)C)CC2)nc(N)n1. The minimum absolute atomic E-state index is 0.344. The Labute approximate surface area is 122 Å². The van der Waals surface area contributed by atoms with E-state index in [1.54, 1.807) is 0 Å². The van der Waals surface area contributed by atoms with Gasteiger partial charge in [0.25, 0.3) is 0 Å². The molecule has 5 heteroatoms. The predicted molar refractivity (Wildman–Crippen MR) is 85.0 cm³/mol. The molecule has 0 saturated carbocycles. The second-order valence-electron chi connectivity index (χ2n) is 6.63. The van der Waals surface area contributed by atoms with Crippen LogP contribution in [0.25, 0.3) is 0 Å². The molecule has 0 radical (unpaired) electrons. The molecule has 1 aliphatic heterocycles. The molecule has 0 aromatic carbocycles. The molecule has 5 nitrogen and oxygen atoms in total. The second-order valence-corrected chi connectivity index (χ2v) is 6.63. The van der Waals surface area contributed by atoms with E-state index >= 15 is 0 Å². The van der Waals surface area contributed by atoms with Crippen molar-refractivity contribution in [1.82, 2.24) is 9.97 Å². The highest BCUT2D eigenvalue weighted by Crippen LogP contribution is 2.35. The minimum Gasteiger partial charge on any atom is -0.370 e. The van der Waals surface area contributed by atoms with Crippen LogP contribution in [0.15, 0.2) is 6.07 Å². The number of hydrogen-bond acceptors (Lipinski definition) is 5. The summed E-state index contributed by atoms with van der Waals surface area (Å²) in [4.78, 5) is 10.9. The van der Waals surface area contributed by atoms with Crippen molar-refractivity contribution in [3.63, 3.8) is 0 Å². The van der Waals surface area contributed by atoms with Gasteiger partial charge in [0, 0.05) is 25.7 Å². The number of piperidine rings is 1. The first kappa shape index (κ1) is 14.9. The third kappa shape index (κ3) is 3.52. The molecule has 1 saturated heterocycles. The molecule has 2 heterocycles. The predicted octanol–water partition coefficient (Wildman–Crippen LogP) is 2.75. The molecular formula is C15H27N5. The lowest BCUT2D eigenvalue weighted by molar-refractivity contribution is 0.198. The van der Waals surface area contributed by atoms with Gasteiger partial charge in [-0.25, -0.2) is 0 Å². The van der Waals surface area contributed by atoms with Crippen LogP contribution in [-0.2, 0) is 0 Å². The first-order valence-electron chi connectivity index (χ1n) is 7.53. The molecule has 112 valence electrons. The van der Waals surface area contributed by atoms with E-state index in [4.69, 9.17) is 5.73 Å². The normalized spacial score (nSPS) is 17.3. The highest BCUT2D eigenvalue weighted by molar-refractivity contribution is 5.52. The average molecular weight is 277 g/mol. The zero-order valence-electron chi connectivity index (χ0n) is 13.1. The Balaban J connectivity index is 2.07. The van der Waals surface area contributed by atoms with Crippen molar-refractivity contribution in [3.05, 3.63) is 6.07 Å². The monoisotopic (exact) mass is 277 g/mol. The van der Waals surface area contributed by atoms with Crippen LogP contribution in [0, 0.1) is 11.3 Å². The van der Waals surface area contributed by atoms with E-state index < -0.39 is 0 Å². The maximum absolute atomic E-state index is 5.80. The van der Waals surface area contributed by atoms with Gasteiger partial charge in [0.15, 0.2) is 0 Å². The maximum atomic E-state index is 5.80. The number of hydrogen-bond donors (Lipinski definition) is 2. The van der Waals surface area contributed by atoms with Crippen LogP contribution in [0.4, 0.5) is 17.6 Å². The molecule has 0 atom stereocenters. The smallest absolute Gasteiger partial charge is 0.223 e. The average Bonchev–Trinajstić information content (AvgIpc) is 2.37. The van der Waals surface area contributed by atoms with Crippen LogP contribution in [0.3, 0.4) is 0 Å². The third-order valence-corrected chi connectivity index (χ3v) is 4.13. The molecule has 0 aliphatic carbocycles. The highest BCUT2D eigenvalue weighted by atomic mass is 15.2. The topological polar surface area (TPSA) is 67.1 Å². The Morgan fingerprint density at radius 2 is 1.95 bits per heavy atom. The summed E-state index contributed by atoms with van der Waals surface area (Å²) in [5.74, 6) is 2.89. The lowest BCUT2D eigenvalue weighted by Crippen LogP contribution is -2.38. The van der Waals surface area contributed by atoms with Crippen LogP contribution >= 0.6 is 0 Å². The van der Waals surface area contributed by atoms with Gasteiger partial charge in [-0.2, -0.15) is 9.97 Å². The summed E-state index contributed by atoms with van der Waals surface area (Å²) in [7, 11) is 0. The first-order valence-corrected chi connectivity index (χ1v) is 7.53. The van der Waals surface area contributed by atoms with Crippen LogP contribution in [0.2, 0.25) is 0 Å². The Bertz CT molecular complexity index is 444. The number of rotatable bonds is 3. The van der Waals surface area contributed by atoms with Crippen LogP contribution < -0.4 is 16.0 Å². The van der Waals surface area contributed by atoms with Gasteiger partial charge in [-0.05, 0) is 31.1 Å². The molecule has 1 fully saturated rings. The van der Waals surface area contributed by atoms with Gasteiger partial charge < -0.3 is 16.0 Å². The van der Waals surface area contributed by atoms with E-state index in [-0.39, 0.29) is 0 Å².